The largest absolute Gasteiger partial charge is 0.235 e. The Hall–Kier alpha value is -2.51. The summed E-state index contributed by atoms with van der Waals surface area (Å²) >= 11 is 1.46. The Bertz CT molecular complexity index is 810. The van der Waals surface area contributed by atoms with Crippen LogP contribution >= 0.6 is 11.3 Å². The van der Waals surface area contributed by atoms with E-state index in [4.69, 9.17) is 0 Å². The molecule has 0 radical (unpaired) electrons. The van der Waals surface area contributed by atoms with Crippen molar-refractivity contribution >= 4 is 33.2 Å². The molecule has 0 unspecified atom stereocenters. The minimum atomic E-state index is -0.319. The zero-order chi connectivity index (χ0) is 13.9. The number of thiazole rings is 1. The quantitative estimate of drug-likeness (QED) is 0.648. The van der Waals surface area contributed by atoms with E-state index in [9.17, 15) is 9.65 Å². The maximum atomic E-state index is 13.2. The Morgan fingerprint density at radius 3 is 2.80 bits per heavy atom. The van der Waals surface area contributed by atoms with Gasteiger partial charge in [-0.1, -0.05) is 24.3 Å². The van der Waals surface area contributed by atoms with Crippen LogP contribution in [0.25, 0.3) is 21.9 Å². The lowest BCUT2D eigenvalue weighted by Crippen LogP contribution is -1.81. The van der Waals surface area contributed by atoms with Crippen LogP contribution in [0.1, 0.15) is 10.6 Å². The van der Waals surface area contributed by atoms with Crippen molar-refractivity contribution in [2.75, 3.05) is 0 Å². The van der Waals surface area contributed by atoms with Crippen LogP contribution in [-0.4, -0.2) is 4.98 Å². The fraction of sp³-hybridized carbons (Fsp3) is 0. The molecule has 0 fully saturated rings. The summed E-state index contributed by atoms with van der Waals surface area (Å²) in [6.45, 7) is 0. The first-order chi connectivity index (χ1) is 9.76. The first-order valence-electron chi connectivity index (χ1n) is 5.99. The van der Waals surface area contributed by atoms with Gasteiger partial charge in [-0.05, 0) is 35.9 Å². The summed E-state index contributed by atoms with van der Waals surface area (Å²) in [5, 5.41) is 9.94. The van der Waals surface area contributed by atoms with Crippen molar-refractivity contribution in [2.45, 2.75) is 0 Å². The van der Waals surface area contributed by atoms with E-state index < -0.39 is 0 Å². The van der Waals surface area contributed by atoms with Crippen LogP contribution in [0.15, 0.2) is 48.5 Å². The van der Waals surface area contributed by atoms with Crippen LogP contribution < -0.4 is 0 Å². The van der Waals surface area contributed by atoms with Gasteiger partial charge < -0.3 is 0 Å². The van der Waals surface area contributed by atoms with Crippen LogP contribution in [0.4, 0.5) is 4.39 Å². The highest BCUT2D eigenvalue weighted by atomic mass is 32.1. The Kier molecular flexibility index (Phi) is 3.28. The predicted octanol–water partition coefficient (Wildman–Crippen LogP) is 4.50. The minimum Gasteiger partial charge on any atom is -0.235 e. The fourth-order valence-electron chi connectivity index (χ4n) is 1.89. The molecule has 2 nitrogen and oxygen atoms in total. The Morgan fingerprint density at radius 2 is 2.05 bits per heavy atom. The Labute approximate surface area is 119 Å². The van der Waals surface area contributed by atoms with E-state index in [1.54, 1.807) is 18.2 Å². The number of nitriles is 1. The van der Waals surface area contributed by atoms with E-state index in [0.29, 0.717) is 16.1 Å². The van der Waals surface area contributed by atoms with Gasteiger partial charge in [0, 0.05) is 0 Å². The van der Waals surface area contributed by atoms with Crippen LogP contribution in [0.3, 0.4) is 0 Å². The highest BCUT2D eigenvalue weighted by molar-refractivity contribution is 7.19. The molecule has 0 aliphatic heterocycles. The maximum absolute atomic E-state index is 13.2. The van der Waals surface area contributed by atoms with Gasteiger partial charge in [-0.25, -0.2) is 9.37 Å². The number of hydrogen-bond acceptors (Lipinski definition) is 3. The zero-order valence-corrected chi connectivity index (χ0v) is 11.2. The lowest BCUT2D eigenvalue weighted by molar-refractivity contribution is 0.627. The molecule has 1 aromatic heterocycles. The number of nitrogens with zero attached hydrogens (tertiary/aromatic N) is 2. The van der Waals surface area contributed by atoms with Crippen LogP contribution in [-0.2, 0) is 0 Å². The van der Waals surface area contributed by atoms with E-state index in [-0.39, 0.29) is 5.82 Å². The van der Waals surface area contributed by atoms with Crippen molar-refractivity contribution in [1.82, 2.24) is 4.98 Å². The van der Waals surface area contributed by atoms with Crippen molar-refractivity contribution in [3.8, 4) is 6.07 Å². The van der Waals surface area contributed by atoms with Gasteiger partial charge in [0.05, 0.1) is 15.8 Å². The van der Waals surface area contributed by atoms with Crippen LogP contribution in [0.5, 0.6) is 0 Å². The summed E-state index contributed by atoms with van der Waals surface area (Å²) in [4.78, 5) is 4.44. The summed E-state index contributed by atoms with van der Waals surface area (Å²) in [6, 6.07) is 16.0. The fourth-order valence-corrected chi connectivity index (χ4v) is 2.82. The normalized spacial score (nSPS) is 11.5. The Balaban J connectivity index is 2.07. The molecule has 96 valence electrons. The molecule has 0 amide bonds. The number of benzene rings is 2. The molecule has 4 heteroatoms. The molecule has 0 aliphatic carbocycles. The highest BCUT2D eigenvalue weighted by Gasteiger charge is 2.08. The third-order valence-electron chi connectivity index (χ3n) is 2.80. The first-order valence-corrected chi connectivity index (χ1v) is 6.81. The van der Waals surface area contributed by atoms with Crippen molar-refractivity contribution in [3.63, 3.8) is 0 Å². The summed E-state index contributed by atoms with van der Waals surface area (Å²) < 4.78 is 14.2. The SMILES string of the molecule is N#CC(=Cc1cccc(F)c1)c1nc2ccccc2s1. The Morgan fingerprint density at radius 1 is 1.20 bits per heavy atom. The van der Waals surface area contributed by atoms with Gasteiger partial charge in [-0.15, -0.1) is 11.3 Å². The van der Waals surface area contributed by atoms with Gasteiger partial charge in [-0.3, -0.25) is 0 Å². The van der Waals surface area contributed by atoms with Crippen molar-refractivity contribution in [2.24, 2.45) is 0 Å². The number of aromatic nitrogens is 1. The summed E-state index contributed by atoms with van der Waals surface area (Å²) in [7, 11) is 0. The molecule has 2 aromatic carbocycles. The second-order valence-corrected chi connectivity index (χ2v) is 5.24. The van der Waals surface area contributed by atoms with E-state index in [1.807, 2.05) is 24.3 Å². The molecule has 0 aliphatic rings. The molecule has 0 saturated carbocycles. The maximum Gasteiger partial charge on any atom is 0.135 e. The zero-order valence-electron chi connectivity index (χ0n) is 10.4. The second-order valence-electron chi connectivity index (χ2n) is 4.21. The summed E-state index contributed by atoms with van der Waals surface area (Å²) in [5.74, 6) is -0.319. The number of rotatable bonds is 2. The summed E-state index contributed by atoms with van der Waals surface area (Å²) in [6.07, 6.45) is 1.65. The van der Waals surface area contributed by atoms with Gasteiger partial charge in [0.25, 0.3) is 0 Å². The van der Waals surface area contributed by atoms with E-state index in [2.05, 4.69) is 11.1 Å². The number of allylic oxidation sites excluding steroid dienone is 1. The van der Waals surface area contributed by atoms with E-state index in [1.165, 1.54) is 23.5 Å². The lowest BCUT2D eigenvalue weighted by Gasteiger charge is -1.95. The lowest BCUT2D eigenvalue weighted by atomic mass is 10.1. The molecular weight excluding hydrogens is 271 g/mol. The highest BCUT2D eigenvalue weighted by Crippen LogP contribution is 2.27. The topological polar surface area (TPSA) is 36.7 Å². The van der Waals surface area contributed by atoms with Crippen LogP contribution in [0, 0.1) is 17.1 Å². The molecule has 0 N–H and O–H groups in total. The van der Waals surface area contributed by atoms with Gasteiger partial charge >= 0.3 is 0 Å². The van der Waals surface area contributed by atoms with E-state index >= 15 is 0 Å². The molecule has 3 aromatic rings. The predicted molar refractivity (Wildman–Crippen MR) is 79.5 cm³/mol. The van der Waals surface area contributed by atoms with Crippen molar-refractivity contribution < 1.29 is 4.39 Å². The van der Waals surface area contributed by atoms with Gasteiger partial charge in [0.15, 0.2) is 0 Å². The second kappa shape index (κ2) is 5.24. The number of fused-ring (bicyclic) bond motifs is 1. The number of halogens is 1. The number of hydrogen-bond donors (Lipinski definition) is 0. The molecule has 0 saturated heterocycles. The minimum absolute atomic E-state index is 0.319. The number of para-hydroxylation sites is 1. The molecule has 0 spiro atoms. The smallest absolute Gasteiger partial charge is 0.135 e. The average molecular weight is 280 g/mol. The average Bonchev–Trinajstić information content (AvgIpc) is 2.88. The molecule has 0 atom stereocenters. The monoisotopic (exact) mass is 280 g/mol. The molecule has 0 bridgehead atoms. The molecule has 3 rings (SSSR count). The molecule has 1 heterocycles. The van der Waals surface area contributed by atoms with Gasteiger partial charge in [0.2, 0.25) is 0 Å². The third kappa shape index (κ3) is 2.44. The molecular formula is C16H9FN2S. The summed E-state index contributed by atoms with van der Waals surface area (Å²) in [5.41, 5.74) is 1.96. The van der Waals surface area contributed by atoms with Gasteiger partial charge in [0.1, 0.15) is 16.9 Å². The standard InChI is InChI=1S/C16H9FN2S/c17-13-5-3-4-11(9-13)8-12(10-18)16-19-14-6-1-2-7-15(14)20-16/h1-9H. The molecule has 20 heavy (non-hydrogen) atoms. The third-order valence-corrected chi connectivity index (χ3v) is 3.87. The first kappa shape index (κ1) is 12.5. The van der Waals surface area contributed by atoms with E-state index in [0.717, 1.165) is 10.2 Å². The van der Waals surface area contributed by atoms with Crippen molar-refractivity contribution in [3.05, 3.63) is 64.9 Å². The van der Waals surface area contributed by atoms with Crippen molar-refractivity contribution in [1.29, 1.82) is 5.26 Å². The van der Waals surface area contributed by atoms with Gasteiger partial charge in [-0.2, -0.15) is 5.26 Å². The van der Waals surface area contributed by atoms with Crippen LogP contribution in [0.2, 0.25) is 0 Å².